The number of hydrogen-bond acceptors (Lipinski definition) is 3. The lowest BCUT2D eigenvalue weighted by Crippen LogP contribution is -2.15. The summed E-state index contributed by atoms with van der Waals surface area (Å²) in [6, 6.07) is 12.7. The minimum Gasteiger partial charge on any atom is -0.494 e. The van der Waals surface area contributed by atoms with Crippen molar-refractivity contribution in [2.24, 2.45) is 5.92 Å². The van der Waals surface area contributed by atoms with E-state index in [1.54, 1.807) is 0 Å². The molecular formula is C22H32N2O. The smallest absolute Gasteiger partial charge is 0.121 e. The molecule has 0 amide bonds. The fourth-order valence-electron chi connectivity index (χ4n) is 2.96. The van der Waals surface area contributed by atoms with Crippen molar-refractivity contribution in [3.63, 3.8) is 0 Å². The Morgan fingerprint density at radius 2 is 1.60 bits per heavy atom. The van der Waals surface area contributed by atoms with Crippen molar-refractivity contribution in [1.82, 2.24) is 0 Å². The van der Waals surface area contributed by atoms with Gasteiger partial charge in [0, 0.05) is 30.5 Å². The Kier molecular flexibility index (Phi) is 7.17. The first-order valence-corrected chi connectivity index (χ1v) is 9.24. The second kappa shape index (κ2) is 9.36. The molecular weight excluding hydrogens is 308 g/mol. The van der Waals surface area contributed by atoms with Crippen molar-refractivity contribution < 1.29 is 4.74 Å². The molecule has 0 spiro atoms. The van der Waals surface area contributed by atoms with Crippen molar-refractivity contribution in [3.05, 3.63) is 53.1 Å². The lowest BCUT2D eigenvalue weighted by molar-refractivity contribution is 0.289. The first-order valence-electron chi connectivity index (χ1n) is 9.24. The molecule has 25 heavy (non-hydrogen) atoms. The molecule has 2 aromatic rings. The number of benzene rings is 2. The van der Waals surface area contributed by atoms with Crippen molar-refractivity contribution >= 4 is 11.4 Å². The van der Waals surface area contributed by atoms with Gasteiger partial charge in [0.05, 0.1) is 6.61 Å². The third-order valence-corrected chi connectivity index (χ3v) is 4.23. The molecule has 0 saturated carbocycles. The summed E-state index contributed by atoms with van der Waals surface area (Å²) in [5.74, 6) is 1.60. The van der Waals surface area contributed by atoms with E-state index < -0.39 is 0 Å². The van der Waals surface area contributed by atoms with E-state index in [1.807, 2.05) is 12.1 Å². The van der Waals surface area contributed by atoms with E-state index in [2.05, 4.69) is 69.5 Å². The third kappa shape index (κ3) is 6.33. The number of rotatable bonds is 9. The first kappa shape index (κ1) is 19.2. The van der Waals surface area contributed by atoms with Gasteiger partial charge >= 0.3 is 0 Å². The number of hydrogen-bond donors (Lipinski definition) is 2. The molecule has 0 aliphatic rings. The second-order valence-electron chi connectivity index (χ2n) is 7.19. The van der Waals surface area contributed by atoms with Crippen LogP contribution < -0.4 is 15.4 Å². The summed E-state index contributed by atoms with van der Waals surface area (Å²) in [5.41, 5.74) is 6.27. The maximum Gasteiger partial charge on any atom is 0.121 e. The lowest BCUT2D eigenvalue weighted by Gasteiger charge is -2.15. The van der Waals surface area contributed by atoms with Gasteiger partial charge in [0.1, 0.15) is 5.75 Å². The molecule has 0 radical (unpaired) electrons. The topological polar surface area (TPSA) is 33.3 Å². The molecule has 136 valence electrons. The summed E-state index contributed by atoms with van der Waals surface area (Å²) in [6.45, 7) is 13.4. The fourth-order valence-corrected chi connectivity index (χ4v) is 2.96. The number of ether oxygens (including phenoxy) is 1. The Morgan fingerprint density at radius 3 is 2.28 bits per heavy atom. The van der Waals surface area contributed by atoms with Crippen molar-refractivity contribution in [1.29, 1.82) is 0 Å². The third-order valence-electron chi connectivity index (χ3n) is 4.23. The van der Waals surface area contributed by atoms with Crippen molar-refractivity contribution in [3.8, 4) is 5.75 Å². The van der Waals surface area contributed by atoms with E-state index in [1.165, 1.54) is 22.4 Å². The summed E-state index contributed by atoms with van der Waals surface area (Å²) in [5, 5.41) is 7.01. The molecule has 0 saturated heterocycles. The van der Waals surface area contributed by atoms with Crippen molar-refractivity contribution in [2.75, 3.05) is 30.3 Å². The minimum absolute atomic E-state index is 0.668. The normalized spacial score (nSPS) is 10.8. The largest absolute Gasteiger partial charge is 0.494 e. The monoisotopic (exact) mass is 340 g/mol. The van der Waals surface area contributed by atoms with Gasteiger partial charge in [0.2, 0.25) is 0 Å². The summed E-state index contributed by atoms with van der Waals surface area (Å²) in [4.78, 5) is 0. The highest BCUT2D eigenvalue weighted by molar-refractivity contribution is 5.58. The van der Waals surface area contributed by atoms with Gasteiger partial charge in [-0.1, -0.05) is 37.6 Å². The van der Waals surface area contributed by atoms with Crippen LogP contribution in [0.1, 0.15) is 37.0 Å². The summed E-state index contributed by atoms with van der Waals surface area (Å²) in [7, 11) is 0. The Balaban J connectivity index is 1.80. The van der Waals surface area contributed by atoms with Crippen LogP contribution in [0.5, 0.6) is 5.75 Å². The van der Waals surface area contributed by atoms with Gasteiger partial charge in [-0.05, 0) is 56.4 Å². The molecule has 0 aliphatic heterocycles. The Bertz CT molecular complexity index is 656. The highest BCUT2D eigenvalue weighted by atomic mass is 16.5. The Labute approximate surface area is 152 Å². The Hall–Kier alpha value is -2.16. The molecule has 0 unspecified atom stereocenters. The highest BCUT2D eigenvalue weighted by Gasteiger charge is 2.03. The van der Waals surface area contributed by atoms with Gasteiger partial charge in [-0.3, -0.25) is 0 Å². The molecule has 2 aromatic carbocycles. The zero-order valence-corrected chi connectivity index (χ0v) is 16.3. The number of aryl methyl sites for hydroxylation is 3. The second-order valence-corrected chi connectivity index (χ2v) is 7.19. The lowest BCUT2D eigenvalue weighted by atomic mass is 10.1. The zero-order valence-electron chi connectivity index (χ0n) is 16.3. The van der Waals surface area contributed by atoms with Crippen LogP contribution in [0.2, 0.25) is 0 Å². The first-order chi connectivity index (χ1) is 12.0. The van der Waals surface area contributed by atoms with Gasteiger partial charge in [-0.2, -0.15) is 0 Å². The van der Waals surface area contributed by atoms with Gasteiger partial charge in [0.25, 0.3) is 0 Å². The van der Waals surface area contributed by atoms with E-state index >= 15 is 0 Å². The maximum absolute atomic E-state index is 5.82. The van der Waals surface area contributed by atoms with Crippen LogP contribution in [0, 0.1) is 26.7 Å². The summed E-state index contributed by atoms with van der Waals surface area (Å²) >= 11 is 0. The quantitative estimate of drug-likeness (QED) is 0.586. The Morgan fingerprint density at radius 1 is 0.920 bits per heavy atom. The zero-order chi connectivity index (χ0) is 18.2. The fraction of sp³-hybridized carbons (Fsp3) is 0.455. The summed E-state index contributed by atoms with van der Waals surface area (Å²) < 4.78 is 5.82. The van der Waals surface area contributed by atoms with E-state index in [-0.39, 0.29) is 0 Å². The molecule has 2 rings (SSSR count). The standard InChI is InChI=1S/C22H32N2O/c1-16(2)9-12-25-21-8-6-7-20(15-21)23-10-11-24-22-18(4)13-17(3)14-19(22)5/h6-8,13-16,23-24H,9-12H2,1-5H3. The van der Waals surface area contributed by atoms with E-state index in [4.69, 9.17) is 4.74 Å². The van der Waals surface area contributed by atoms with Crippen LogP contribution >= 0.6 is 0 Å². The van der Waals surface area contributed by atoms with Crippen LogP contribution in [-0.4, -0.2) is 19.7 Å². The van der Waals surface area contributed by atoms with Crippen LogP contribution in [0.15, 0.2) is 36.4 Å². The van der Waals surface area contributed by atoms with Crippen LogP contribution in [0.3, 0.4) is 0 Å². The van der Waals surface area contributed by atoms with E-state index in [0.29, 0.717) is 5.92 Å². The molecule has 0 atom stereocenters. The van der Waals surface area contributed by atoms with Crippen LogP contribution in [0.25, 0.3) is 0 Å². The molecule has 0 fully saturated rings. The van der Waals surface area contributed by atoms with Gasteiger partial charge in [-0.15, -0.1) is 0 Å². The summed E-state index contributed by atoms with van der Waals surface area (Å²) in [6.07, 6.45) is 1.08. The average molecular weight is 341 g/mol. The predicted molar refractivity (Wildman–Crippen MR) is 109 cm³/mol. The molecule has 0 aromatic heterocycles. The SMILES string of the molecule is Cc1cc(C)c(NCCNc2cccc(OCCC(C)C)c2)c(C)c1. The van der Waals surface area contributed by atoms with Gasteiger partial charge in [0.15, 0.2) is 0 Å². The molecule has 0 bridgehead atoms. The van der Waals surface area contributed by atoms with Gasteiger partial charge < -0.3 is 15.4 Å². The van der Waals surface area contributed by atoms with Crippen LogP contribution in [-0.2, 0) is 0 Å². The molecule has 3 heteroatoms. The predicted octanol–water partition coefficient (Wildman–Crippen LogP) is 5.56. The van der Waals surface area contributed by atoms with Gasteiger partial charge in [-0.25, -0.2) is 0 Å². The number of anilines is 2. The number of nitrogens with one attached hydrogen (secondary N) is 2. The highest BCUT2D eigenvalue weighted by Crippen LogP contribution is 2.22. The van der Waals surface area contributed by atoms with Crippen molar-refractivity contribution in [2.45, 2.75) is 41.0 Å². The molecule has 2 N–H and O–H groups in total. The maximum atomic E-state index is 5.82. The van der Waals surface area contributed by atoms with Crippen LogP contribution in [0.4, 0.5) is 11.4 Å². The van der Waals surface area contributed by atoms with E-state index in [0.717, 1.165) is 37.6 Å². The molecule has 0 heterocycles. The minimum atomic E-state index is 0.668. The molecule has 3 nitrogen and oxygen atoms in total. The molecule has 0 aliphatic carbocycles. The van der Waals surface area contributed by atoms with E-state index in [9.17, 15) is 0 Å². The average Bonchev–Trinajstić information content (AvgIpc) is 2.53.